The number of rotatable bonds is 7. The molecule has 0 aliphatic heterocycles. The summed E-state index contributed by atoms with van der Waals surface area (Å²) < 4.78 is 0. The first-order valence-corrected chi connectivity index (χ1v) is 9.97. The van der Waals surface area contributed by atoms with Crippen LogP contribution in [0.5, 0.6) is 0 Å². The molecule has 0 saturated heterocycles. The first kappa shape index (κ1) is 21.8. The normalized spacial score (nSPS) is 11.5. The first-order valence-electron chi connectivity index (χ1n) is 9.97. The molecule has 3 N–H and O–H groups in total. The average Bonchev–Trinajstić information content (AvgIpc) is 3.16. The van der Waals surface area contributed by atoms with Crippen LogP contribution >= 0.6 is 0 Å². The summed E-state index contributed by atoms with van der Waals surface area (Å²) in [5.74, 6) is -1.06. The van der Waals surface area contributed by atoms with Gasteiger partial charge >= 0.3 is 0 Å². The van der Waals surface area contributed by atoms with Gasteiger partial charge in [-0.2, -0.15) is 0 Å². The van der Waals surface area contributed by atoms with E-state index in [1.807, 2.05) is 36.5 Å². The third-order valence-corrected chi connectivity index (χ3v) is 4.97. The summed E-state index contributed by atoms with van der Waals surface area (Å²) in [6.45, 7) is 4.47. The van der Waals surface area contributed by atoms with E-state index in [-0.39, 0.29) is 24.3 Å². The second kappa shape index (κ2) is 9.30. The summed E-state index contributed by atoms with van der Waals surface area (Å²) in [5.41, 5.74) is 1.31. The van der Waals surface area contributed by atoms with E-state index in [1.54, 1.807) is 50.4 Å². The molecule has 0 bridgehead atoms. The fraction of sp³-hybridized carbons (Fsp3) is 0.208. The van der Waals surface area contributed by atoms with Crippen LogP contribution < -0.4 is 15.5 Å². The van der Waals surface area contributed by atoms with Crippen molar-refractivity contribution in [3.63, 3.8) is 0 Å². The number of benzene rings is 2. The number of carbonyl (C=O) groups excluding carboxylic acids is 3. The fourth-order valence-electron chi connectivity index (χ4n) is 3.35. The van der Waals surface area contributed by atoms with Crippen molar-refractivity contribution in [2.45, 2.75) is 26.3 Å². The number of nitrogens with zero attached hydrogens (tertiary/aromatic N) is 1. The van der Waals surface area contributed by atoms with Crippen molar-refractivity contribution in [3.8, 4) is 0 Å². The minimum Gasteiger partial charge on any atom is -0.361 e. The summed E-state index contributed by atoms with van der Waals surface area (Å²) in [7, 11) is 0. The van der Waals surface area contributed by atoms with E-state index in [0.29, 0.717) is 5.69 Å². The maximum absolute atomic E-state index is 13.1. The van der Waals surface area contributed by atoms with Crippen molar-refractivity contribution >= 4 is 40.4 Å². The van der Waals surface area contributed by atoms with Crippen LogP contribution in [0.1, 0.15) is 26.3 Å². The molecule has 0 radical (unpaired) electrons. The van der Waals surface area contributed by atoms with E-state index in [9.17, 15) is 14.4 Å². The van der Waals surface area contributed by atoms with Crippen LogP contribution in [0, 0.1) is 0 Å². The molecule has 0 aliphatic rings. The molecule has 7 heteroatoms. The maximum atomic E-state index is 13.1. The number of hydrogen-bond acceptors (Lipinski definition) is 3. The number of aromatic amines is 1. The zero-order chi connectivity index (χ0) is 22.4. The third kappa shape index (κ3) is 5.01. The van der Waals surface area contributed by atoms with Crippen LogP contribution in [0.15, 0.2) is 67.0 Å². The first-order chi connectivity index (χ1) is 14.8. The molecule has 0 saturated carbocycles. The van der Waals surface area contributed by atoms with Gasteiger partial charge in [-0.15, -0.1) is 0 Å². The molecule has 3 rings (SSSR count). The second-order valence-electron chi connectivity index (χ2n) is 7.63. The van der Waals surface area contributed by atoms with E-state index < -0.39 is 5.54 Å². The van der Waals surface area contributed by atoms with E-state index >= 15 is 0 Å². The topological polar surface area (TPSA) is 94.3 Å². The molecule has 31 heavy (non-hydrogen) atoms. The van der Waals surface area contributed by atoms with E-state index in [2.05, 4.69) is 15.6 Å². The number of H-pyrrole nitrogens is 1. The Labute approximate surface area is 181 Å². The predicted octanol–water partition coefficient (Wildman–Crippen LogP) is 3.20. The smallest absolute Gasteiger partial charge is 0.249 e. The summed E-state index contributed by atoms with van der Waals surface area (Å²) in [4.78, 5) is 41.8. The lowest BCUT2D eigenvalue weighted by atomic mass is 9.99. The van der Waals surface area contributed by atoms with E-state index in [1.165, 1.54) is 11.8 Å². The zero-order valence-electron chi connectivity index (χ0n) is 17.8. The quantitative estimate of drug-likeness (QED) is 0.550. The van der Waals surface area contributed by atoms with Crippen LogP contribution in [-0.4, -0.2) is 34.8 Å². The Kier molecular flexibility index (Phi) is 6.55. The molecule has 0 fully saturated rings. The number of carbonyl (C=O) groups is 3. The number of fused-ring (bicyclic) bond motifs is 1. The lowest BCUT2D eigenvalue weighted by Gasteiger charge is -2.37. The second-order valence-corrected chi connectivity index (χ2v) is 7.63. The van der Waals surface area contributed by atoms with Gasteiger partial charge in [-0.1, -0.05) is 36.4 Å². The largest absolute Gasteiger partial charge is 0.361 e. The molecule has 3 aromatic rings. The molecule has 3 amide bonds. The number of amides is 3. The SMILES string of the molecule is CC(=O)NCC(=O)N(c1ccccc1)C(C)(C)C(=O)NC=Cc1c[nH]c2ccccc12. The summed E-state index contributed by atoms with van der Waals surface area (Å²) in [5, 5.41) is 6.33. The lowest BCUT2D eigenvalue weighted by molar-refractivity contribution is -0.129. The van der Waals surface area contributed by atoms with Gasteiger partial charge in [-0.25, -0.2) is 0 Å². The minimum absolute atomic E-state index is 0.202. The van der Waals surface area contributed by atoms with Gasteiger partial charge in [-0.3, -0.25) is 19.3 Å². The van der Waals surface area contributed by atoms with Crippen molar-refractivity contribution in [2.75, 3.05) is 11.4 Å². The standard InChI is InChI=1S/C24H26N4O3/c1-17(29)26-16-22(30)28(19-9-5-4-6-10-19)24(2,3)23(31)25-14-13-18-15-27-21-12-8-7-11-20(18)21/h4-15,27H,16H2,1-3H3,(H,25,31)(H,26,29). The van der Waals surface area contributed by atoms with Gasteiger partial charge in [0.15, 0.2) is 0 Å². The molecule has 1 heterocycles. The Bertz CT molecular complexity index is 1120. The zero-order valence-corrected chi connectivity index (χ0v) is 17.8. The Hall–Kier alpha value is -3.87. The molecule has 7 nitrogen and oxygen atoms in total. The highest BCUT2D eigenvalue weighted by Gasteiger charge is 2.38. The highest BCUT2D eigenvalue weighted by atomic mass is 16.2. The minimum atomic E-state index is -1.21. The number of nitrogens with one attached hydrogen (secondary N) is 3. The van der Waals surface area contributed by atoms with Crippen LogP contribution in [0.4, 0.5) is 5.69 Å². The van der Waals surface area contributed by atoms with Crippen molar-refractivity contribution in [1.82, 2.24) is 15.6 Å². The van der Waals surface area contributed by atoms with Gasteiger partial charge in [0.1, 0.15) is 5.54 Å². The molecule has 0 atom stereocenters. The van der Waals surface area contributed by atoms with Crippen LogP contribution in [0.25, 0.3) is 17.0 Å². The van der Waals surface area contributed by atoms with Crippen molar-refractivity contribution in [1.29, 1.82) is 0 Å². The molecular weight excluding hydrogens is 392 g/mol. The van der Waals surface area contributed by atoms with Crippen LogP contribution in [0.2, 0.25) is 0 Å². The highest BCUT2D eigenvalue weighted by molar-refractivity contribution is 6.05. The van der Waals surface area contributed by atoms with Gasteiger partial charge in [-0.05, 0) is 38.1 Å². The van der Waals surface area contributed by atoms with Gasteiger partial charge in [0.2, 0.25) is 17.7 Å². The van der Waals surface area contributed by atoms with Crippen molar-refractivity contribution in [2.24, 2.45) is 0 Å². The Morgan fingerprint density at radius 1 is 1.03 bits per heavy atom. The monoisotopic (exact) mass is 418 g/mol. The summed E-state index contributed by atoms with van der Waals surface area (Å²) >= 11 is 0. The molecule has 0 aliphatic carbocycles. The summed E-state index contributed by atoms with van der Waals surface area (Å²) in [6, 6.07) is 16.8. The molecule has 1 aromatic heterocycles. The lowest BCUT2D eigenvalue weighted by Crippen LogP contribution is -2.58. The average molecular weight is 418 g/mol. The van der Waals surface area contributed by atoms with E-state index in [0.717, 1.165) is 16.5 Å². The number of hydrogen-bond donors (Lipinski definition) is 3. The molecule has 0 unspecified atom stereocenters. The Morgan fingerprint density at radius 3 is 2.42 bits per heavy atom. The van der Waals surface area contributed by atoms with Gasteiger partial charge in [0.05, 0.1) is 6.54 Å². The van der Waals surface area contributed by atoms with Gasteiger partial charge < -0.3 is 15.6 Å². The van der Waals surface area contributed by atoms with Gasteiger partial charge in [0, 0.05) is 41.5 Å². The van der Waals surface area contributed by atoms with Crippen LogP contribution in [0.3, 0.4) is 0 Å². The summed E-state index contributed by atoms with van der Waals surface area (Å²) in [6.07, 6.45) is 5.24. The predicted molar refractivity (Wildman–Crippen MR) is 122 cm³/mol. The van der Waals surface area contributed by atoms with Gasteiger partial charge in [0.25, 0.3) is 0 Å². The third-order valence-electron chi connectivity index (χ3n) is 4.97. The molecule has 160 valence electrons. The number of para-hydroxylation sites is 2. The number of aromatic nitrogens is 1. The van der Waals surface area contributed by atoms with Crippen LogP contribution in [-0.2, 0) is 14.4 Å². The fourth-order valence-corrected chi connectivity index (χ4v) is 3.35. The molecule has 0 spiro atoms. The van der Waals surface area contributed by atoms with Crippen molar-refractivity contribution < 1.29 is 14.4 Å². The van der Waals surface area contributed by atoms with E-state index in [4.69, 9.17) is 0 Å². The highest BCUT2D eigenvalue weighted by Crippen LogP contribution is 2.25. The molecular formula is C24H26N4O3. The van der Waals surface area contributed by atoms with Crippen molar-refractivity contribution in [3.05, 3.63) is 72.6 Å². The maximum Gasteiger partial charge on any atom is 0.249 e. The Balaban J connectivity index is 1.80. The number of anilines is 1. The molecule has 2 aromatic carbocycles. The Morgan fingerprint density at radius 2 is 1.71 bits per heavy atom.